The SMILES string of the molecule is O=C(Nc1ccc2c(c1)OCO2)C(c1ccc(F)cc1)N(Cc1ccc(Cl)cc1)C(=O)Cc1ccccc1. The lowest BCUT2D eigenvalue weighted by atomic mass is 10.0. The molecule has 4 aromatic carbocycles. The van der Waals surface area contributed by atoms with Crippen molar-refractivity contribution in [2.75, 3.05) is 12.1 Å². The van der Waals surface area contributed by atoms with Gasteiger partial charge >= 0.3 is 0 Å². The first-order valence-corrected chi connectivity index (χ1v) is 12.4. The van der Waals surface area contributed by atoms with Crippen LogP contribution in [0.3, 0.4) is 0 Å². The molecule has 6 nitrogen and oxygen atoms in total. The normalized spacial score (nSPS) is 12.6. The van der Waals surface area contributed by atoms with Crippen LogP contribution in [0.5, 0.6) is 11.5 Å². The molecule has 1 heterocycles. The fraction of sp³-hybridized carbons (Fsp3) is 0.133. The van der Waals surface area contributed by atoms with E-state index in [-0.39, 0.29) is 25.7 Å². The average molecular weight is 531 g/mol. The summed E-state index contributed by atoms with van der Waals surface area (Å²) in [5, 5.41) is 3.46. The van der Waals surface area contributed by atoms with E-state index < -0.39 is 17.8 Å². The van der Waals surface area contributed by atoms with Crippen molar-refractivity contribution in [2.45, 2.75) is 19.0 Å². The number of ether oxygens (including phenoxy) is 2. The predicted molar refractivity (Wildman–Crippen MR) is 142 cm³/mol. The van der Waals surface area contributed by atoms with Crippen molar-refractivity contribution in [2.24, 2.45) is 0 Å². The lowest BCUT2D eigenvalue weighted by molar-refractivity contribution is -0.139. The molecule has 0 fully saturated rings. The monoisotopic (exact) mass is 530 g/mol. The van der Waals surface area contributed by atoms with E-state index in [2.05, 4.69) is 5.32 Å². The Morgan fingerprint density at radius 2 is 1.58 bits per heavy atom. The van der Waals surface area contributed by atoms with Gasteiger partial charge in [0, 0.05) is 23.3 Å². The minimum absolute atomic E-state index is 0.0867. The number of rotatable bonds is 8. The molecule has 4 aromatic rings. The Kier molecular flexibility index (Phi) is 7.56. The predicted octanol–water partition coefficient (Wildman–Crippen LogP) is 6.16. The molecule has 8 heteroatoms. The van der Waals surface area contributed by atoms with E-state index in [4.69, 9.17) is 21.1 Å². The molecule has 0 saturated heterocycles. The molecule has 0 spiro atoms. The molecular formula is C30H24ClFN2O4. The van der Waals surface area contributed by atoms with E-state index in [0.717, 1.165) is 11.1 Å². The Morgan fingerprint density at radius 3 is 2.32 bits per heavy atom. The van der Waals surface area contributed by atoms with Gasteiger partial charge in [0.2, 0.25) is 12.7 Å². The highest BCUT2D eigenvalue weighted by molar-refractivity contribution is 6.30. The van der Waals surface area contributed by atoms with E-state index in [1.807, 2.05) is 42.5 Å². The van der Waals surface area contributed by atoms with E-state index in [1.165, 1.54) is 29.2 Å². The third kappa shape index (κ3) is 5.95. The van der Waals surface area contributed by atoms with Crippen LogP contribution in [-0.4, -0.2) is 23.5 Å². The molecule has 0 radical (unpaired) electrons. The second-order valence-corrected chi connectivity index (χ2v) is 9.26. The summed E-state index contributed by atoms with van der Waals surface area (Å²) in [5.74, 6) is -0.0597. The lowest BCUT2D eigenvalue weighted by Crippen LogP contribution is -2.41. The van der Waals surface area contributed by atoms with E-state index in [9.17, 15) is 14.0 Å². The average Bonchev–Trinajstić information content (AvgIpc) is 3.39. The van der Waals surface area contributed by atoms with Crippen LogP contribution in [0.2, 0.25) is 5.02 Å². The first-order chi connectivity index (χ1) is 18.5. The summed E-state index contributed by atoms with van der Waals surface area (Å²) >= 11 is 6.07. The van der Waals surface area contributed by atoms with Gasteiger partial charge in [-0.1, -0.05) is 66.2 Å². The van der Waals surface area contributed by atoms with Gasteiger partial charge in [-0.2, -0.15) is 0 Å². The summed E-state index contributed by atoms with van der Waals surface area (Å²) in [5.41, 5.74) is 2.56. The number of fused-ring (bicyclic) bond motifs is 1. The highest BCUT2D eigenvalue weighted by Gasteiger charge is 2.32. The number of anilines is 1. The first kappa shape index (κ1) is 25.3. The number of nitrogens with zero attached hydrogens (tertiary/aromatic N) is 1. The molecule has 1 aliphatic heterocycles. The van der Waals surface area contributed by atoms with Crippen molar-refractivity contribution in [3.8, 4) is 11.5 Å². The third-order valence-corrected chi connectivity index (χ3v) is 6.42. The minimum atomic E-state index is -1.05. The van der Waals surface area contributed by atoms with Gasteiger partial charge < -0.3 is 19.7 Å². The first-order valence-electron chi connectivity index (χ1n) is 12.0. The summed E-state index contributed by atoms with van der Waals surface area (Å²) in [6, 6.07) is 26.0. The maximum atomic E-state index is 13.8. The molecule has 0 aromatic heterocycles. The molecule has 5 rings (SSSR count). The lowest BCUT2D eigenvalue weighted by Gasteiger charge is -2.32. The van der Waals surface area contributed by atoms with Gasteiger partial charge in [-0.3, -0.25) is 9.59 Å². The second kappa shape index (κ2) is 11.4. The summed E-state index contributed by atoms with van der Waals surface area (Å²) in [6.45, 7) is 0.243. The van der Waals surface area contributed by atoms with Crippen LogP contribution in [0, 0.1) is 5.82 Å². The zero-order valence-corrected chi connectivity index (χ0v) is 21.0. The molecule has 1 aliphatic rings. The number of halogens is 2. The van der Waals surface area contributed by atoms with Crippen LogP contribution < -0.4 is 14.8 Å². The topological polar surface area (TPSA) is 67.9 Å². The Bertz CT molecular complexity index is 1430. The van der Waals surface area contributed by atoms with Gasteiger partial charge in [-0.05, 0) is 53.1 Å². The summed E-state index contributed by atoms with van der Waals surface area (Å²) in [7, 11) is 0. The molecular weight excluding hydrogens is 507 g/mol. The highest BCUT2D eigenvalue weighted by Crippen LogP contribution is 2.35. The fourth-order valence-corrected chi connectivity index (χ4v) is 4.41. The largest absolute Gasteiger partial charge is 0.454 e. The molecule has 0 bridgehead atoms. The molecule has 0 saturated carbocycles. The standard InChI is InChI=1S/C30H24ClFN2O4/c31-23-10-6-21(7-11-23)18-34(28(35)16-20-4-2-1-3-5-20)29(22-8-12-24(32)13-9-22)30(36)33-25-14-15-26-27(17-25)38-19-37-26/h1-15,17,29H,16,18-19H2,(H,33,36). The Hall–Kier alpha value is -4.36. The summed E-state index contributed by atoms with van der Waals surface area (Å²) in [4.78, 5) is 29.1. The molecule has 2 amide bonds. The van der Waals surface area contributed by atoms with Crippen molar-refractivity contribution < 1.29 is 23.5 Å². The van der Waals surface area contributed by atoms with Gasteiger partial charge in [0.1, 0.15) is 11.9 Å². The maximum absolute atomic E-state index is 13.8. The Balaban J connectivity index is 1.51. The zero-order chi connectivity index (χ0) is 26.5. The van der Waals surface area contributed by atoms with E-state index in [0.29, 0.717) is 27.8 Å². The number of hydrogen-bond acceptors (Lipinski definition) is 4. The molecule has 38 heavy (non-hydrogen) atoms. The molecule has 192 valence electrons. The molecule has 1 N–H and O–H groups in total. The number of carbonyl (C=O) groups excluding carboxylic acids is 2. The van der Waals surface area contributed by atoms with Crippen molar-refractivity contribution in [3.63, 3.8) is 0 Å². The number of carbonyl (C=O) groups is 2. The second-order valence-electron chi connectivity index (χ2n) is 8.82. The number of hydrogen-bond donors (Lipinski definition) is 1. The van der Waals surface area contributed by atoms with E-state index >= 15 is 0 Å². The molecule has 1 unspecified atom stereocenters. The summed E-state index contributed by atoms with van der Waals surface area (Å²) < 4.78 is 24.6. The van der Waals surface area contributed by atoms with Crippen LogP contribution >= 0.6 is 11.6 Å². The van der Waals surface area contributed by atoms with Gasteiger partial charge in [0.25, 0.3) is 5.91 Å². The van der Waals surface area contributed by atoms with Crippen LogP contribution in [0.4, 0.5) is 10.1 Å². The highest BCUT2D eigenvalue weighted by atomic mass is 35.5. The third-order valence-electron chi connectivity index (χ3n) is 6.17. The van der Waals surface area contributed by atoms with Crippen LogP contribution in [0.15, 0.2) is 97.1 Å². The fourth-order valence-electron chi connectivity index (χ4n) is 4.28. The van der Waals surface area contributed by atoms with E-state index in [1.54, 1.807) is 30.3 Å². The van der Waals surface area contributed by atoms with Gasteiger partial charge in [0.05, 0.1) is 6.42 Å². The van der Waals surface area contributed by atoms with Crippen LogP contribution in [-0.2, 0) is 22.6 Å². The number of benzene rings is 4. The van der Waals surface area contributed by atoms with Crippen LogP contribution in [0.25, 0.3) is 0 Å². The molecule has 1 atom stereocenters. The maximum Gasteiger partial charge on any atom is 0.251 e. The quantitative estimate of drug-likeness (QED) is 0.296. The number of nitrogens with one attached hydrogen (secondary N) is 1. The minimum Gasteiger partial charge on any atom is -0.454 e. The van der Waals surface area contributed by atoms with Crippen molar-refractivity contribution in [3.05, 3.63) is 125 Å². The number of amides is 2. The summed E-state index contributed by atoms with van der Waals surface area (Å²) in [6.07, 6.45) is 0.0867. The smallest absolute Gasteiger partial charge is 0.251 e. The van der Waals surface area contributed by atoms with Gasteiger partial charge in [0.15, 0.2) is 11.5 Å². The Labute approximate surface area is 224 Å². The Morgan fingerprint density at radius 1 is 0.868 bits per heavy atom. The zero-order valence-electron chi connectivity index (χ0n) is 20.3. The van der Waals surface area contributed by atoms with Crippen LogP contribution in [0.1, 0.15) is 22.7 Å². The van der Waals surface area contributed by atoms with Gasteiger partial charge in [-0.15, -0.1) is 0 Å². The van der Waals surface area contributed by atoms with Crippen molar-refractivity contribution >= 4 is 29.1 Å². The van der Waals surface area contributed by atoms with Crippen molar-refractivity contribution in [1.29, 1.82) is 0 Å². The van der Waals surface area contributed by atoms with Gasteiger partial charge in [-0.25, -0.2) is 4.39 Å². The van der Waals surface area contributed by atoms with Crippen molar-refractivity contribution in [1.82, 2.24) is 4.90 Å². The molecule has 0 aliphatic carbocycles.